The standard InChI is InChI=1S/C19H43N3/c1-5-11-18(8-4)13-9-10-15-22(14-7-3)21-17-19(16-20)12-6-2/h18-19,21H,5-17,20H2,1-4H3. The van der Waals surface area contributed by atoms with E-state index >= 15 is 0 Å². The highest BCUT2D eigenvalue weighted by Gasteiger charge is 2.09. The summed E-state index contributed by atoms with van der Waals surface area (Å²) in [7, 11) is 0. The van der Waals surface area contributed by atoms with Crippen LogP contribution in [0.4, 0.5) is 0 Å². The van der Waals surface area contributed by atoms with Gasteiger partial charge in [0.2, 0.25) is 0 Å². The lowest BCUT2D eigenvalue weighted by Crippen LogP contribution is -2.43. The van der Waals surface area contributed by atoms with Crippen molar-refractivity contribution < 1.29 is 0 Å². The summed E-state index contributed by atoms with van der Waals surface area (Å²) >= 11 is 0. The molecule has 22 heavy (non-hydrogen) atoms. The molecule has 0 spiro atoms. The molecule has 0 aromatic heterocycles. The van der Waals surface area contributed by atoms with E-state index in [1.165, 1.54) is 64.3 Å². The highest BCUT2D eigenvalue weighted by Crippen LogP contribution is 2.18. The van der Waals surface area contributed by atoms with Gasteiger partial charge in [0.05, 0.1) is 0 Å². The Balaban J connectivity index is 3.92. The van der Waals surface area contributed by atoms with Gasteiger partial charge in [-0.1, -0.05) is 66.2 Å². The molecule has 0 aliphatic carbocycles. The van der Waals surface area contributed by atoms with Crippen LogP contribution < -0.4 is 11.2 Å². The molecule has 0 radical (unpaired) electrons. The maximum absolute atomic E-state index is 5.86. The lowest BCUT2D eigenvalue weighted by molar-refractivity contribution is 0.167. The van der Waals surface area contributed by atoms with Crippen molar-refractivity contribution in [3.63, 3.8) is 0 Å². The van der Waals surface area contributed by atoms with Crippen molar-refractivity contribution in [2.45, 2.75) is 85.5 Å². The molecular weight excluding hydrogens is 270 g/mol. The number of hydrogen-bond acceptors (Lipinski definition) is 3. The predicted octanol–water partition coefficient (Wildman–Crippen LogP) is 4.57. The first kappa shape index (κ1) is 21.9. The molecule has 0 saturated carbocycles. The van der Waals surface area contributed by atoms with E-state index in [0.717, 1.165) is 25.6 Å². The van der Waals surface area contributed by atoms with Crippen molar-refractivity contribution in [3.05, 3.63) is 0 Å². The largest absolute Gasteiger partial charge is 0.330 e. The summed E-state index contributed by atoms with van der Waals surface area (Å²) in [5, 5.41) is 2.43. The smallest absolute Gasteiger partial charge is 0.0143 e. The molecule has 0 aromatic rings. The summed E-state index contributed by atoms with van der Waals surface area (Å²) in [6.45, 7) is 13.3. The molecule has 0 bridgehead atoms. The van der Waals surface area contributed by atoms with Gasteiger partial charge in [-0.2, -0.15) is 0 Å². The first-order chi connectivity index (χ1) is 10.7. The molecule has 0 amide bonds. The molecule has 0 saturated heterocycles. The van der Waals surface area contributed by atoms with Gasteiger partial charge >= 0.3 is 0 Å². The second kappa shape index (κ2) is 15.8. The molecule has 2 atom stereocenters. The summed E-state index contributed by atoms with van der Waals surface area (Å²) in [4.78, 5) is 0. The van der Waals surface area contributed by atoms with Gasteiger partial charge in [-0.25, -0.2) is 5.01 Å². The van der Waals surface area contributed by atoms with Gasteiger partial charge in [-0.05, 0) is 37.6 Å². The number of hydrogen-bond donors (Lipinski definition) is 2. The molecule has 134 valence electrons. The highest BCUT2D eigenvalue weighted by molar-refractivity contribution is 4.63. The molecule has 0 aromatic carbocycles. The van der Waals surface area contributed by atoms with Crippen LogP contribution in [0.15, 0.2) is 0 Å². The first-order valence-electron chi connectivity index (χ1n) is 9.90. The minimum atomic E-state index is 0.624. The second-order valence-electron chi connectivity index (χ2n) is 6.80. The van der Waals surface area contributed by atoms with E-state index in [2.05, 4.69) is 38.1 Å². The molecule has 0 fully saturated rings. The van der Waals surface area contributed by atoms with Crippen LogP contribution in [0, 0.1) is 11.8 Å². The highest BCUT2D eigenvalue weighted by atomic mass is 15.5. The first-order valence-corrected chi connectivity index (χ1v) is 9.90. The van der Waals surface area contributed by atoms with Gasteiger partial charge < -0.3 is 5.73 Å². The lowest BCUT2D eigenvalue weighted by atomic mass is 9.94. The molecular formula is C19H43N3. The van der Waals surface area contributed by atoms with Gasteiger partial charge in [-0.15, -0.1) is 0 Å². The summed E-state index contributed by atoms with van der Waals surface area (Å²) in [6, 6.07) is 0. The Morgan fingerprint density at radius 2 is 1.50 bits per heavy atom. The van der Waals surface area contributed by atoms with E-state index < -0.39 is 0 Å². The van der Waals surface area contributed by atoms with E-state index in [1.54, 1.807) is 0 Å². The van der Waals surface area contributed by atoms with Gasteiger partial charge in [-0.3, -0.25) is 5.43 Å². The van der Waals surface area contributed by atoms with Crippen molar-refractivity contribution in [2.24, 2.45) is 17.6 Å². The summed E-state index contributed by atoms with van der Waals surface area (Å²) in [6.07, 6.45) is 11.9. The quantitative estimate of drug-likeness (QED) is 0.324. The molecule has 0 aliphatic rings. The second-order valence-corrected chi connectivity index (χ2v) is 6.80. The number of unbranched alkanes of at least 4 members (excludes halogenated alkanes) is 1. The monoisotopic (exact) mass is 313 g/mol. The summed E-state index contributed by atoms with van der Waals surface area (Å²) < 4.78 is 0. The zero-order valence-electron chi connectivity index (χ0n) is 15.9. The Bertz CT molecular complexity index is 221. The lowest BCUT2D eigenvalue weighted by Gasteiger charge is -2.26. The van der Waals surface area contributed by atoms with E-state index in [-0.39, 0.29) is 0 Å². The molecule has 3 nitrogen and oxygen atoms in total. The van der Waals surface area contributed by atoms with Crippen LogP contribution in [0.3, 0.4) is 0 Å². The SMILES string of the molecule is CCCC(CC)CCCCN(CCC)NCC(CN)CCC. The van der Waals surface area contributed by atoms with E-state index in [9.17, 15) is 0 Å². The average Bonchev–Trinajstić information content (AvgIpc) is 2.53. The molecule has 3 heteroatoms. The number of hydrazine groups is 1. The summed E-state index contributed by atoms with van der Waals surface area (Å²) in [5.41, 5.74) is 9.50. The Hall–Kier alpha value is -0.120. The molecule has 0 rings (SSSR count). The van der Waals surface area contributed by atoms with Crippen molar-refractivity contribution >= 4 is 0 Å². The fourth-order valence-corrected chi connectivity index (χ4v) is 3.21. The third-order valence-corrected chi connectivity index (χ3v) is 4.69. The Labute approximate surface area is 140 Å². The number of nitrogens with one attached hydrogen (secondary N) is 1. The number of rotatable bonds is 16. The normalized spacial score (nSPS) is 14.5. The summed E-state index contributed by atoms with van der Waals surface area (Å²) in [5.74, 6) is 1.57. The van der Waals surface area contributed by atoms with Gasteiger partial charge in [0.25, 0.3) is 0 Å². The number of nitrogens with zero attached hydrogens (tertiary/aromatic N) is 1. The van der Waals surface area contributed by atoms with Crippen LogP contribution >= 0.6 is 0 Å². The molecule has 3 N–H and O–H groups in total. The minimum absolute atomic E-state index is 0.624. The molecule has 2 unspecified atom stereocenters. The minimum Gasteiger partial charge on any atom is -0.330 e. The van der Waals surface area contributed by atoms with Crippen molar-refractivity contribution in [1.29, 1.82) is 0 Å². The zero-order chi connectivity index (χ0) is 16.6. The van der Waals surface area contributed by atoms with E-state index in [4.69, 9.17) is 5.73 Å². The third-order valence-electron chi connectivity index (χ3n) is 4.69. The van der Waals surface area contributed by atoms with Crippen LogP contribution in [0.25, 0.3) is 0 Å². The maximum Gasteiger partial charge on any atom is 0.0143 e. The molecule has 0 heterocycles. The van der Waals surface area contributed by atoms with Gasteiger partial charge in [0, 0.05) is 19.6 Å². The fraction of sp³-hybridized carbons (Fsp3) is 1.00. The number of nitrogens with two attached hydrogens (primary N) is 1. The van der Waals surface area contributed by atoms with Crippen LogP contribution in [-0.4, -0.2) is 31.2 Å². The average molecular weight is 314 g/mol. The maximum atomic E-state index is 5.86. The zero-order valence-corrected chi connectivity index (χ0v) is 15.9. The van der Waals surface area contributed by atoms with Crippen LogP contribution in [0.5, 0.6) is 0 Å². The Kier molecular flexibility index (Phi) is 15.7. The Morgan fingerprint density at radius 3 is 2.05 bits per heavy atom. The van der Waals surface area contributed by atoms with Crippen molar-refractivity contribution in [1.82, 2.24) is 10.4 Å². The third kappa shape index (κ3) is 11.4. The topological polar surface area (TPSA) is 41.3 Å². The van der Waals surface area contributed by atoms with E-state index in [1.807, 2.05) is 0 Å². The Morgan fingerprint density at radius 1 is 0.818 bits per heavy atom. The van der Waals surface area contributed by atoms with Crippen LogP contribution in [-0.2, 0) is 0 Å². The van der Waals surface area contributed by atoms with Crippen LogP contribution in [0.2, 0.25) is 0 Å². The predicted molar refractivity (Wildman–Crippen MR) is 99.9 cm³/mol. The van der Waals surface area contributed by atoms with Gasteiger partial charge in [0.1, 0.15) is 0 Å². The molecule has 0 aliphatic heterocycles. The van der Waals surface area contributed by atoms with Gasteiger partial charge in [0.15, 0.2) is 0 Å². The van der Waals surface area contributed by atoms with E-state index in [0.29, 0.717) is 5.92 Å². The van der Waals surface area contributed by atoms with Crippen molar-refractivity contribution in [2.75, 3.05) is 26.2 Å². The van der Waals surface area contributed by atoms with Crippen molar-refractivity contribution in [3.8, 4) is 0 Å². The van der Waals surface area contributed by atoms with Crippen LogP contribution in [0.1, 0.15) is 85.5 Å². The fourth-order valence-electron chi connectivity index (χ4n) is 3.21.